The first-order valence-corrected chi connectivity index (χ1v) is 8.80. The number of thiazole rings is 1. The van der Waals surface area contributed by atoms with E-state index in [2.05, 4.69) is 29.4 Å². The van der Waals surface area contributed by atoms with Gasteiger partial charge in [0.15, 0.2) is 17.2 Å². The summed E-state index contributed by atoms with van der Waals surface area (Å²) in [4.78, 5) is 15.9. The number of hydrogen-bond donors (Lipinski definition) is 1. The summed E-state index contributed by atoms with van der Waals surface area (Å²) in [6, 6.07) is 13.8. The van der Waals surface area contributed by atoms with Gasteiger partial charge in [-0.3, -0.25) is 4.79 Å². The lowest BCUT2D eigenvalue weighted by atomic mass is 10.2. The molecule has 0 saturated carbocycles. The molecule has 0 fully saturated rings. The number of nitrogens with one attached hydrogen (secondary N) is 1. The Labute approximate surface area is 151 Å². The van der Waals surface area contributed by atoms with Crippen molar-refractivity contribution in [3.63, 3.8) is 0 Å². The molecule has 5 nitrogen and oxygen atoms in total. The normalized spacial score (nSPS) is 10.0. The minimum atomic E-state index is 0.569. The molecule has 0 radical (unpaired) electrons. The number of methoxy groups -OCH3 is 1. The van der Waals surface area contributed by atoms with Gasteiger partial charge in [0, 0.05) is 20.3 Å². The van der Waals surface area contributed by atoms with Gasteiger partial charge in [-0.05, 0) is 25.5 Å². The number of aryl methyl sites for hydroxylation is 1. The van der Waals surface area contributed by atoms with E-state index in [1.807, 2.05) is 18.2 Å². The minimum absolute atomic E-state index is 0.569. The van der Waals surface area contributed by atoms with E-state index in [1.165, 1.54) is 16.9 Å². The van der Waals surface area contributed by atoms with Crippen molar-refractivity contribution in [3.8, 4) is 11.5 Å². The van der Waals surface area contributed by atoms with E-state index in [9.17, 15) is 4.79 Å². The number of aromatic nitrogens is 1. The van der Waals surface area contributed by atoms with E-state index < -0.39 is 0 Å². The van der Waals surface area contributed by atoms with Crippen molar-refractivity contribution >= 4 is 22.8 Å². The van der Waals surface area contributed by atoms with E-state index in [-0.39, 0.29) is 0 Å². The van der Waals surface area contributed by atoms with Crippen LogP contribution in [0.5, 0.6) is 0 Å². The quantitative estimate of drug-likeness (QED) is 0.491. The van der Waals surface area contributed by atoms with E-state index >= 15 is 0 Å². The van der Waals surface area contributed by atoms with Crippen LogP contribution < -0.4 is 5.32 Å². The summed E-state index contributed by atoms with van der Waals surface area (Å²) >= 11 is 1.32. The van der Waals surface area contributed by atoms with Crippen molar-refractivity contribution in [1.29, 1.82) is 0 Å². The van der Waals surface area contributed by atoms with Crippen LogP contribution in [0.4, 0.5) is 5.13 Å². The molecule has 6 heteroatoms. The van der Waals surface area contributed by atoms with E-state index in [0.29, 0.717) is 22.9 Å². The molecule has 2 heterocycles. The molecule has 0 amide bonds. The Morgan fingerprint density at radius 2 is 2.04 bits per heavy atom. The standard InChI is InChI=1S/C12H14N2O3S.C7H8/c1-16-6-3-5-13-12-14-11(10(8-15)18-12)9-4-2-7-17-9;1-7-5-3-2-4-6-7/h2,4,7-8H,3,5-6H2,1H3,(H,13,14);2-6H,1H3. The van der Waals surface area contributed by atoms with Crippen LogP contribution in [0.2, 0.25) is 0 Å². The predicted octanol–water partition coefficient (Wildman–Crippen LogP) is 4.66. The molecule has 0 atom stereocenters. The summed E-state index contributed by atoms with van der Waals surface area (Å²) < 4.78 is 10.2. The predicted molar refractivity (Wildman–Crippen MR) is 101 cm³/mol. The molecule has 0 aliphatic rings. The number of aldehydes is 1. The van der Waals surface area contributed by atoms with Crippen molar-refractivity contribution in [2.24, 2.45) is 0 Å². The van der Waals surface area contributed by atoms with Crippen molar-refractivity contribution < 1.29 is 13.9 Å². The molecule has 0 saturated heterocycles. The Bertz CT molecular complexity index is 739. The fourth-order valence-corrected chi connectivity index (χ4v) is 2.83. The molecule has 3 rings (SSSR count). The fraction of sp³-hybridized carbons (Fsp3) is 0.263. The Kier molecular flexibility index (Phi) is 7.88. The summed E-state index contributed by atoms with van der Waals surface area (Å²) in [5.41, 5.74) is 1.91. The lowest BCUT2D eigenvalue weighted by molar-refractivity contribution is 0.112. The molecule has 132 valence electrons. The highest BCUT2D eigenvalue weighted by Gasteiger charge is 2.14. The first-order valence-electron chi connectivity index (χ1n) is 7.99. The SMILES string of the molecule is COCCCNc1nc(-c2ccco2)c(C=O)s1.Cc1ccccc1. The summed E-state index contributed by atoms with van der Waals surface area (Å²) in [6.45, 7) is 3.54. The molecule has 2 aromatic heterocycles. The number of nitrogens with zero attached hydrogens (tertiary/aromatic N) is 1. The molecule has 0 aliphatic carbocycles. The second-order valence-corrected chi connectivity index (χ2v) is 6.29. The first-order chi connectivity index (χ1) is 12.2. The highest BCUT2D eigenvalue weighted by atomic mass is 32.1. The minimum Gasteiger partial charge on any atom is -0.463 e. The Morgan fingerprint density at radius 1 is 1.24 bits per heavy atom. The van der Waals surface area contributed by atoms with Crippen LogP contribution >= 0.6 is 11.3 Å². The number of carbonyl (C=O) groups is 1. The van der Waals surface area contributed by atoms with Crippen molar-refractivity contribution in [2.75, 3.05) is 25.6 Å². The van der Waals surface area contributed by atoms with Gasteiger partial charge >= 0.3 is 0 Å². The van der Waals surface area contributed by atoms with Gasteiger partial charge in [-0.15, -0.1) is 0 Å². The van der Waals surface area contributed by atoms with Gasteiger partial charge in [0.25, 0.3) is 0 Å². The highest BCUT2D eigenvalue weighted by molar-refractivity contribution is 7.17. The Morgan fingerprint density at radius 3 is 2.60 bits per heavy atom. The summed E-state index contributed by atoms with van der Waals surface area (Å²) in [5, 5.41) is 3.89. The molecule has 0 bridgehead atoms. The molecule has 3 aromatic rings. The largest absolute Gasteiger partial charge is 0.463 e. The van der Waals surface area contributed by atoms with Gasteiger partial charge < -0.3 is 14.5 Å². The number of hydrogen-bond acceptors (Lipinski definition) is 6. The molecule has 1 aromatic carbocycles. The lowest BCUT2D eigenvalue weighted by Crippen LogP contribution is -2.04. The third kappa shape index (κ3) is 6.17. The van der Waals surface area contributed by atoms with Gasteiger partial charge in [0.1, 0.15) is 5.69 Å². The van der Waals surface area contributed by atoms with Crippen LogP contribution in [0.3, 0.4) is 0 Å². The molecule has 25 heavy (non-hydrogen) atoms. The second kappa shape index (κ2) is 10.4. The zero-order valence-electron chi connectivity index (χ0n) is 14.4. The van der Waals surface area contributed by atoms with Gasteiger partial charge in [-0.25, -0.2) is 4.98 Å². The van der Waals surface area contributed by atoms with Crippen molar-refractivity contribution in [1.82, 2.24) is 4.98 Å². The second-order valence-electron chi connectivity index (χ2n) is 5.25. The summed E-state index contributed by atoms with van der Waals surface area (Å²) in [7, 11) is 1.67. The van der Waals surface area contributed by atoms with Crippen molar-refractivity contribution in [2.45, 2.75) is 13.3 Å². The van der Waals surface area contributed by atoms with Crippen LogP contribution in [0.15, 0.2) is 53.1 Å². The van der Waals surface area contributed by atoms with Crippen LogP contribution in [0.1, 0.15) is 21.7 Å². The molecular weight excluding hydrogens is 336 g/mol. The number of benzene rings is 1. The third-order valence-corrected chi connectivity index (χ3v) is 4.20. The zero-order valence-corrected chi connectivity index (χ0v) is 15.2. The number of rotatable bonds is 7. The maximum Gasteiger partial charge on any atom is 0.184 e. The fourth-order valence-electron chi connectivity index (χ4n) is 2.02. The smallest absolute Gasteiger partial charge is 0.184 e. The average molecular weight is 358 g/mol. The van der Waals surface area contributed by atoms with E-state index in [4.69, 9.17) is 9.15 Å². The van der Waals surface area contributed by atoms with Gasteiger partial charge in [-0.2, -0.15) is 0 Å². The van der Waals surface area contributed by atoms with Gasteiger partial charge in [0.05, 0.1) is 11.1 Å². The van der Waals surface area contributed by atoms with Crippen LogP contribution in [0.25, 0.3) is 11.5 Å². The van der Waals surface area contributed by atoms with Gasteiger partial charge in [-0.1, -0.05) is 47.2 Å². The van der Waals surface area contributed by atoms with Crippen LogP contribution in [-0.4, -0.2) is 31.5 Å². The van der Waals surface area contributed by atoms with E-state index in [1.54, 1.807) is 25.5 Å². The van der Waals surface area contributed by atoms with Crippen molar-refractivity contribution in [3.05, 3.63) is 59.2 Å². The van der Waals surface area contributed by atoms with Gasteiger partial charge in [0.2, 0.25) is 0 Å². The molecule has 0 aliphatic heterocycles. The number of anilines is 1. The summed E-state index contributed by atoms with van der Waals surface area (Å²) in [5.74, 6) is 0.610. The third-order valence-electron chi connectivity index (χ3n) is 3.26. The molecule has 1 N–H and O–H groups in total. The van der Waals surface area contributed by atoms with E-state index in [0.717, 1.165) is 24.4 Å². The number of ether oxygens (including phenoxy) is 1. The Hall–Kier alpha value is -2.44. The molecular formula is C19H22N2O3S. The topological polar surface area (TPSA) is 64.4 Å². The maximum atomic E-state index is 11.0. The lowest BCUT2D eigenvalue weighted by Gasteiger charge is -2.00. The van der Waals surface area contributed by atoms with Crippen LogP contribution in [0, 0.1) is 6.92 Å². The maximum absolute atomic E-state index is 11.0. The average Bonchev–Trinajstić information content (AvgIpc) is 3.29. The van der Waals surface area contributed by atoms with Crippen LogP contribution in [-0.2, 0) is 4.74 Å². The Balaban J connectivity index is 0.000000269. The molecule has 0 unspecified atom stereocenters. The monoisotopic (exact) mass is 358 g/mol. The molecule has 0 spiro atoms. The zero-order chi connectivity index (χ0) is 17.9. The summed E-state index contributed by atoms with van der Waals surface area (Å²) in [6.07, 6.45) is 3.26. The highest BCUT2D eigenvalue weighted by Crippen LogP contribution is 2.29. The number of furan rings is 1. The number of carbonyl (C=O) groups excluding carboxylic acids is 1. The first kappa shape index (κ1) is 18.9.